The lowest BCUT2D eigenvalue weighted by atomic mass is 9.88. The molecular formula is C17H22ClNO2. The number of piperidine rings is 1. The number of benzene rings is 1. The van der Waals surface area contributed by atoms with Crippen LogP contribution in [0.4, 0.5) is 0 Å². The van der Waals surface area contributed by atoms with Gasteiger partial charge >= 0.3 is 5.97 Å². The predicted molar refractivity (Wildman–Crippen MR) is 83.5 cm³/mol. The van der Waals surface area contributed by atoms with Gasteiger partial charge in [-0.25, -0.2) is 0 Å². The standard InChI is InChI=1S/C17H22ClNO2/c1-11-2-3-12(8-16(11)18)10-19-14-4-5-15(19)7-13(6-14)9-17(20)21/h2-3,8,13-15H,4-7,9-10H2,1H3,(H,20,21). The topological polar surface area (TPSA) is 40.5 Å². The average molecular weight is 308 g/mol. The molecule has 1 aromatic rings. The van der Waals surface area contributed by atoms with E-state index in [9.17, 15) is 4.79 Å². The summed E-state index contributed by atoms with van der Waals surface area (Å²) >= 11 is 6.22. The molecule has 1 N–H and O–H groups in total. The fourth-order valence-corrected chi connectivity index (χ4v) is 4.21. The van der Waals surface area contributed by atoms with Gasteiger partial charge < -0.3 is 5.11 Å². The molecule has 2 saturated heterocycles. The van der Waals surface area contributed by atoms with Gasteiger partial charge in [0.15, 0.2) is 0 Å². The van der Waals surface area contributed by atoms with Gasteiger partial charge in [0.25, 0.3) is 0 Å². The number of halogens is 1. The number of hydrogen-bond acceptors (Lipinski definition) is 2. The van der Waals surface area contributed by atoms with Crippen LogP contribution in [-0.4, -0.2) is 28.1 Å². The van der Waals surface area contributed by atoms with Gasteiger partial charge in [0.1, 0.15) is 0 Å². The van der Waals surface area contributed by atoms with E-state index in [-0.39, 0.29) is 0 Å². The van der Waals surface area contributed by atoms with Crippen molar-refractivity contribution >= 4 is 17.6 Å². The molecule has 4 heteroatoms. The summed E-state index contributed by atoms with van der Waals surface area (Å²) in [7, 11) is 0. The van der Waals surface area contributed by atoms with Gasteiger partial charge in [0, 0.05) is 30.1 Å². The lowest BCUT2D eigenvalue weighted by Crippen LogP contribution is -2.42. The van der Waals surface area contributed by atoms with E-state index >= 15 is 0 Å². The highest BCUT2D eigenvalue weighted by Crippen LogP contribution is 2.40. The number of carboxylic acids is 1. The van der Waals surface area contributed by atoms with Crippen LogP contribution in [-0.2, 0) is 11.3 Å². The van der Waals surface area contributed by atoms with Gasteiger partial charge in [0.2, 0.25) is 0 Å². The first kappa shape index (κ1) is 14.9. The molecule has 2 bridgehead atoms. The highest BCUT2D eigenvalue weighted by molar-refractivity contribution is 6.31. The van der Waals surface area contributed by atoms with Crippen LogP contribution in [0, 0.1) is 12.8 Å². The van der Waals surface area contributed by atoms with Gasteiger partial charge in [-0.2, -0.15) is 0 Å². The number of nitrogens with zero attached hydrogens (tertiary/aromatic N) is 1. The Morgan fingerprint density at radius 2 is 2.00 bits per heavy atom. The zero-order chi connectivity index (χ0) is 15.0. The Hall–Kier alpha value is -1.06. The fraction of sp³-hybridized carbons (Fsp3) is 0.588. The van der Waals surface area contributed by atoms with Crippen molar-refractivity contribution in [2.45, 2.75) is 57.7 Å². The summed E-state index contributed by atoms with van der Waals surface area (Å²) in [6.07, 6.45) is 4.81. The Morgan fingerprint density at radius 1 is 1.33 bits per heavy atom. The van der Waals surface area contributed by atoms with E-state index in [1.165, 1.54) is 18.4 Å². The summed E-state index contributed by atoms with van der Waals surface area (Å²) in [6, 6.07) is 7.40. The van der Waals surface area contributed by atoms with Crippen LogP contribution < -0.4 is 0 Å². The van der Waals surface area contributed by atoms with Gasteiger partial charge in [-0.05, 0) is 55.7 Å². The first-order valence-corrected chi connectivity index (χ1v) is 8.13. The number of hydrogen-bond donors (Lipinski definition) is 1. The Kier molecular flexibility index (Phi) is 4.23. The average Bonchev–Trinajstić information content (AvgIpc) is 2.65. The van der Waals surface area contributed by atoms with Crippen LogP contribution >= 0.6 is 11.6 Å². The molecule has 0 saturated carbocycles. The minimum atomic E-state index is -0.654. The van der Waals surface area contributed by atoms with Gasteiger partial charge in [0.05, 0.1) is 0 Å². The van der Waals surface area contributed by atoms with E-state index in [2.05, 4.69) is 23.1 Å². The number of aliphatic carboxylic acids is 1. The number of carboxylic acid groups (broad SMARTS) is 1. The first-order valence-electron chi connectivity index (χ1n) is 7.75. The predicted octanol–water partition coefficient (Wildman–Crippen LogP) is 3.87. The molecule has 0 spiro atoms. The van der Waals surface area contributed by atoms with Crippen molar-refractivity contribution in [3.05, 3.63) is 34.3 Å². The van der Waals surface area contributed by atoms with Crippen molar-refractivity contribution in [1.29, 1.82) is 0 Å². The molecule has 1 aromatic carbocycles. The molecule has 2 heterocycles. The highest BCUT2D eigenvalue weighted by atomic mass is 35.5. The van der Waals surface area contributed by atoms with Crippen LogP contribution in [0.3, 0.4) is 0 Å². The summed E-state index contributed by atoms with van der Waals surface area (Å²) in [5.41, 5.74) is 2.38. The molecule has 0 amide bonds. The third kappa shape index (κ3) is 3.24. The van der Waals surface area contributed by atoms with Crippen molar-refractivity contribution in [1.82, 2.24) is 4.90 Å². The van der Waals surface area contributed by atoms with E-state index < -0.39 is 5.97 Å². The molecule has 3 rings (SSSR count). The summed E-state index contributed by atoms with van der Waals surface area (Å²) in [5, 5.41) is 9.82. The van der Waals surface area contributed by atoms with Crippen LogP contribution in [0.2, 0.25) is 5.02 Å². The quantitative estimate of drug-likeness (QED) is 0.918. The Labute approximate surface area is 130 Å². The molecule has 114 valence electrons. The molecule has 2 unspecified atom stereocenters. The lowest BCUT2D eigenvalue weighted by Gasteiger charge is -2.38. The molecule has 2 aliphatic rings. The summed E-state index contributed by atoms with van der Waals surface area (Å²) in [6.45, 7) is 2.96. The third-order valence-corrected chi connectivity index (χ3v) is 5.45. The summed E-state index contributed by atoms with van der Waals surface area (Å²) in [4.78, 5) is 13.5. The smallest absolute Gasteiger partial charge is 0.303 e. The lowest BCUT2D eigenvalue weighted by molar-refractivity contribution is -0.138. The second kappa shape index (κ2) is 5.98. The maximum Gasteiger partial charge on any atom is 0.303 e. The van der Waals surface area contributed by atoms with E-state index in [0.29, 0.717) is 24.4 Å². The van der Waals surface area contributed by atoms with Crippen LogP contribution in [0.1, 0.15) is 43.2 Å². The Morgan fingerprint density at radius 3 is 2.57 bits per heavy atom. The number of aryl methyl sites for hydroxylation is 1. The molecule has 2 fully saturated rings. The first-order chi connectivity index (χ1) is 10.0. The molecule has 0 aliphatic carbocycles. The largest absolute Gasteiger partial charge is 0.481 e. The van der Waals surface area contributed by atoms with Gasteiger partial charge in [-0.1, -0.05) is 23.7 Å². The third-order valence-electron chi connectivity index (χ3n) is 5.05. The number of rotatable bonds is 4. The van der Waals surface area contributed by atoms with Gasteiger partial charge in [-0.3, -0.25) is 9.69 Å². The number of fused-ring (bicyclic) bond motifs is 2. The molecule has 21 heavy (non-hydrogen) atoms. The monoisotopic (exact) mass is 307 g/mol. The summed E-state index contributed by atoms with van der Waals surface area (Å²) in [5.74, 6) is -0.295. The zero-order valence-electron chi connectivity index (χ0n) is 12.4. The molecule has 0 aromatic heterocycles. The molecule has 0 radical (unpaired) electrons. The minimum Gasteiger partial charge on any atom is -0.481 e. The van der Waals surface area contributed by atoms with Crippen molar-refractivity contribution < 1.29 is 9.90 Å². The van der Waals surface area contributed by atoms with Crippen LogP contribution in [0.5, 0.6) is 0 Å². The Bertz CT molecular complexity index is 532. The normalized spacial score (nSPS) is 28.8. The molecule has 3 nitrogen and oxygen atoms in total. The van der Waals surface area contributed by atoms with E-state index in [0.717, 1.165) is 30.0 Å². The summed E-state index contributed by atoms with van der Waals surface area (Å²) < 4.78 is 0. The number of carbonyl (C=O) groups is 1. The molecular weight excluding hydrogens is 286 g/mol. The van der Waals surface area contributed by atoms with Crippen LogP contribution in [0.25, 0.3) is 0 Å². The van der Waals surface area contributed by atoms with Crippen molar-refractivity contribution in [2.75, 3.05) is 0 Å². The second-order valence-corrected chi connectivity index (χ2v) is 6.98. The molecule has 2 aliphatic heterocycles. The van der Waals surface area contributed by atoms with Gasteiger partial charge in [-0.15, -0.1) is 0 Å². The molecule has 2 atom stereocenters. The van der Waals surface area contributed by atoms with E-state index in [1.807, 2.05) is 6.92 Å². The fourth-order valence-electron chi connectivity index (χ4n) is 4.00. The van der Waals surface area contributed by atoms with Crippen molar-refractivity contribution in [3.8, 4) is 0 Å². The highest BCUT2D eigenvalue weighted by Gasteiger charge is 2.40. The zero-order valence-corrected chi connectivity index (χ0v) is 13.1. The SMILES string of the molecule is Cc1ccc(CN2C3CCC2CC(CC(=O)O)C3)cc1Cl. The minimum absolute atomic E-state index is 0.331. The maximum atomic E-state index is 10.9. The second-order valence-electron chi connectivity index (χ2n) is 6.58. The van der Waals surface area contributed by atoms with Crippen LogP contribution in [0.15, 0.2) is 18.2 Å². The Balaban J connectivity index is 1.67. The van der Waals surface area contributed by atoms with Crippen molar-refractivity contribution in [3.63, 3.8) is 0 Å². The maximum absolute atomic E-state index is 10.9. The van der Waals surface area contributed by atoms with E-state index in [1.54, 1.807) is 0 Å². The van der Waals surface area contributed by atoms with Crippen molar-refractivity contribution in [2.24, 2.45) is 5.92 Å². The van der Waals surface area contributed by atoms with E-state index in [4.69, 9.17) is 16.7 Å².